The minimum absolute atomic E-state index is 0.180. The maximum absolute atomic E-state index is 4.52. The lowest BCUT2D eigenvalue weighted by Crippen LogP contribution is -2.62. The van der Waals surface area contributed by atoms with Gasteiger partial charge >= 0.3 is 0 Å². The van der Waals surface area contributed by atoms with Crippen LogP contribution in [0.5, 0.6) is 0 Å². The van der Waals surface area contributed by atoms with Crippen LogP contribution >= 0.6 is 0 Å². The number of hydrogen-bond acceptors (Lipinski definition) is 8. The van der Waals surface area contributed by atoms with Gasteiger partial charge in [-0.15, -0.1) is 0 Å². The Labute approximate surface area is 353 Å². The van der Waals surface area contributed by atoms with E-state index in [0.29, 0.717) is 84.1 Å². The van der Waals surface area contributed by atoms with Crippen molar-refractivity contribution in [3.05, 3.63) is 108 Å². The van der Waals surface area contributed by atoms with E-state index in [2.05, 4.69) is 134 Å². The van der Waals surface area contributed by atoms with Crippen molar-refractivity contribution in [2.45, 2.75) is 151 Å². The van der Waals surface area contributed by atoms with Crippen molar-refractivity contribution in [3.63, 3.8) is 0 Å². The third-order valence-electron chi connectivity index (χ3n) is 18.1. The fourth-order valence-corrected chi connectivity index (χ4v) is 15.8. The van der Waals surface area contributed by atoms with E-state index in [-0.39, 0.29) is 23.9 Å². The molecule has 0 radical (unpaired) electrons. The molecule has 4 saturated carbocycles. The van der Waals surface area contributed by atoms with Gasteiger partial charge in [0.25, 0.3) is 0 Å². The van der Waals surface area contributed by atoms with Gasteiger partial charge in [-0.25, -0.2) is 0 Å². The smallest absolute Gasteiger partial charge is 0.0631 e. The molecule has 0 aromatic heterocycles. The molecule has 5 heterocycles. The molecule has 59 heavy (non-hydrogen) atoms. The first-order valence-corrected chi connectivity index (χ1v) is 24.5. The van der Waals surface area contributed by atoms with Gasteiger partial charge in [-0.3, -0.25) is 42.5 Å². The molecule has 17 atom stereocenters. The summed E-state index contributed by atoms with van der Waals surface area (Å²) in [5.41, 5.74) is 3.98. The highest BCUT2D eigenvalue weighted by molar-refractivity contribution is 5.52. The lowest BCUT2D eigenvalue weighted by Gasteiger charge is -2.50. The average molecular weight is 795 g/mol. The Morgan fingerprint density at radius 2 is 0.559 bits per heavy atom. The van der Waals surface area contributed by atoms with Crippen LogP contribution in [-0.2, 0) is 5.41 Å². The quantitative estimate of drug-likeness (QED) is 0.136. The number of benzene rings is 3. The van der Waals surface area contributed by atoms with Crippen molar-refractivity contribution >= 4 is 0 Å². The summed E-state index contributed by atoms with van der Waals surface area (Å²) < 4.78 is 0. The Bertz CT molecular complexity index is 1780. The molecule has 9 aliphatic rings. The van der Waals surface area contributed by atoms with E-state index < -0.39 is 0 Å². The van der Waals surface area contributed by atoms with Crippen LogP contribution in [0.2, 0.25) is 0 Å². The number of rotatable bonds is 4. The van der Waals surface area contributed by atoms with Gasteiger partial charge in [0, 0.05) is 5.41 Å². The maximum atomic E-state index is 4.52. The van der Waals surface area contributed by atoms with Gasteiger partial charge in [0.15, 0.2) is 0 Å². The molecule has 0 amide bonds. The van der Waals surface area contributed by atoms with Gasteiger partial charge in [0.1, 0.15) is 0 Å². The van der Waals surface area contributed by atoms with Crippen molar-refractivity contribution in [2.75, 3.05) is 0 Å². The number of fused-ring (bicyclic) bond motifs is 20. The normalized spacial score (nSPS) is 44.2. The summed E-state index contributed by atoms with van der Waals surface area (Å²) in [5.74, 6) is 5.31. The summed E-state index contributed by atoms with van der Waals surface area (Å²) >= 11 is 0. The SMILES string of the molecule is c1ccc(C(c2ccccc2)(c2ccccc2)C2CCCC3C4NC5NC(NC6NC(NC7NC(NC(N4)C32)C2CCCCC72)C2CCCCC62)C2CCCCC52)cc1. The van der Waals surface area contributed by atoms with Crippen molar-refractivity contribution in [2.24, 2.45) is 53.3 Å². The first-order valence-electron chi connectivity index (χ1n) is 24.5. The topological polar surface area (TPSA) is 96.2 Å². The number of nitrogens with one attached hydrogen (secondary N) is 8. The molecule has 9 fully saturated rings. The molecule has 8 heteroatoms. The second kappa shape index (κ2) is 15.9. The van der Waals surface area contributed by atoms with Crippen LogP contribution in [0.15, 0.2) is 91.0 Å². The summed E-state index contributed by atoms with van der Waals surface area (Å²) in [6.45, 7) is 0. The van der Waals surface area contributed by atoms with Gasteiger partial charge in [-0.2, -0.15) is 0 Å². The van der Waals surface area contributed by atoms with Crippen LogP contribution in [-0.4, -0.2) is 49.3 Å². The standard InChI is InChI=1S/C51H70N8/c1-4-17-31(18-5-1)51(32-19-6-2-7-20-32,33-21-8-3-9-22-33)41-30-16-29-40-42(41)50-58-48-39-28-15-14-27-38(39)46(56-48)54-44-35-24-11-10-23-34(35)43(52-44)53-45-36-25-12-13-26-37(36)47(55-45)57-49(40)59-50/h1-9,17-22,34-50,52-59H,10-16,23-30H2. The predicted molar refractivity (Wildman–Crippen MR) is 235 cm³/mol. The molecule has 8 nitrogen and oxygen atoms in total. The second-order valence-corrected chi connectivity index (χ2v) is 20.7. The monoisotopic (exact) mass is 795 g/mol. The molecule has 3 aromatic carbocycles. The molecule has 3 aromatic rings. The first kappa shape index (κ1) is 38.0. The lowest BCUT2D eigenvalue weighted by molar-refractivity contribution is 0.0906. The van der Waals surface area contributed by atoms with Crippen molar-refractivity contribution in [1.82, 2.24) is 42.5 Å². The summed E-state index contributed by atoms with van der Waals surface area (Å²) in [6.07, 6.45) is 22.2. The predicted octanol–water partition coefficient (Wildman–Crippen LogP) is 6.87. The summed E-state index contributed by atoms with van der Waals surface area (Å²) in [7, 11) is 0. The molecule has 5 aliphatic heterocycles. The van der Waals surface area contributed by atoms with Crippen LogP contribution in [0.4, 0.5) is 0 Å². The molecule has 5 saturated heterocycles. The fourth-order valence-electron chi connectivity index (χ4n) is 15.8. The van der Waals surface area contributed by atoms with Crippen molar-refractivity contribution in [3.8, 4) is 0 Å². The largest absolute Gasteiger partial charge is 0.286 e. The molecular weight excluding hydrogens is 725 g/mol. The van der Waals surface area contributed by atoms with Gasteiger partial charge in [0.05, 0.1) is 49.3 Å². The van der Waals surface area contributed by atoms with E-state index in [1.165, 1.54) is 113 Å². The Balaban J connectivity index is 0.975. The molecule has 314 valence electrons. The van der Waals surface area contributed by atoms with Gasteiger partial charge in [-0.1, -0.05) is 136 Å². The van der Waals surface area contributed by atoms with Crippen LogP contribution in [0, 0.1) is 53.3 Å². The summed E-state index contributed by atoms with van der Waals surface area (Å²) in [4.78, 5) is 0. The highest BCUT2D eigenvalue weighted by atomic mass is 15.4. The summed E-state index contributed by atoms with van der Waals surface area (Å²) in [6, 6.07) is 34.9. The lowest BCUT2D eigenvalue weighted by atomic mass is 9.53. The van der Waals surface area contributed by atoms with Crippen LogP contribution in [0.25, 0.3) is 0 Å². The zero-order valence-corrected chi connectivity index (χ0v) is 35.1. The van der Waals surface area contributed by atoms with Crippen LogP contribution in [0.1, 0.15) is 113 Å². The third-order valence-corrected chi connectivity index (χ3v) is 18.1. The minimum Gasteiger partial charge on any atom is -0.286 e. The molecule has 4 aliphatic carbocycles. The van der Waals surface area contributed by atoms with E-state index >= 15 is 0 Å². The zero-order valence-electron chi connectivity index (χ0n) is 35.1. The molecule has 17 unspecified atom stereocenters. The summed E-state index contributed by atoms with van der Waals surface area (Å²) in [5, 5.41) is 35.0. The van der Waals surface area contributed by atoms with E-state index in [9.17, 15) is 0 Å². The van der Waals surface area contributed by atoms with Gasteiger partial charge in [-0.05, 0) is 121 Å². The first-order chi connectivity index (χ1) is 29.2. The van der Waals surface area contributed by atoms with Crippen LogP contribution in [0.3, 0.4) is 0 Å². The van der Waals surface area contributed by atoms with Crippen LogP contribution < -0.4 is 42.5 Å². The van der Waals surface area contributed by atoms with Gasteiger partial charge in [0.2, 0.25) is 0 Å². The van der Waals surface area contributed by atoms with E-state index in [0.717, 1.165) is 0 Å². The Morgan fingerprint density at radius 1 is 0.288 bits per heavy atom. The Kier molecular flexibility index (Phi) is 10.3. The minimum atomic E-state index is -0.292. The van der Waals surface area contributed by atoms with E-state index in [4.69, 9.17) is 0 Å². The van der Waals surface area contributed by atoms with Gasteiger partial charge < -0.3 is 0 Å². The Hall–Kier alpha value is -2.66. The fraction of sp³-hybridized carbons (Fsp3) is 0.647. The van der Waals surface area contributed by atoms with E-state index in [1.807, 2.05) is 0 Å². The molecule has 12 rings (SSSR count). The highest BCUT2D eigenvalue weighted by Crippen LogP contribution is 2.57. The van der Waals surface area contributed by atoms with E-state index in [1.54, 1.807) is 0 Å². The second-order valence-electron chi connectivity index (χ2n) is 20.7. The third kappa shape index (κ3) is 6.44. The number of hydrogen-bond donors (Lipinski definition) is 8. The highest BCUT2D eigenvalue weighted by Gasteiger charge is 2.59. The molecular formula is C51H70N8. The zero-order chi connectivity index (χ0) is 38.9. The molecule has 8 N–H and O–H groups in total. The van der Waals surface area contributed by atoms with Crippen molar-refractivity contribution in [1.29, 1.82) is 0 Å². The maximum Gasteiger partial charge on any atom is 0.0631 e. The Morgan fingerprint density at radius 3 is 0.881 bits per heavy atom. The molecule has 0 spiro atoms. The average Bonchev–Trinajstić information content (AvgIpc) is 4.04. The molecule has 8 bridgehead atoms. The van der Waals surface area contributed by atoms with Crippen molar-refractivity contribution < 1.29 is 0 Å².